The van der Waals surface area contributed by atoms with Gasteiger partial charge in [0.1, 0.15) is 4.32 Å². The molecule has 3 heteroatoms. The molecule has 0 aliphatic rings. The summed E-state index contributed by atoms with van der Waals surface area (Å²) in [6, 6.07) is 0. The van der Waals surface area contributed by atoms with E-state index in [4.69, 9.17) is 12.2 Å². The Morgan fingerprint density at radius 1 is 1.36 bits per heavy atom. The predicted molar refractivity (Wildman–Crippen MR) is 58.4 cm³/mol. The average molecular weight is 191 g/mol. The predicted octanol–water partition coefficient (Wildman–Crippen LogP) is 2.71. The number of thiol groups is 1. The van der Waals surface area contributed by atoms with Gasteiger partial charge in [0.05, 0.1) is 0 Å². The molecular weight excluding hydrogens is 174 g/mol. The molecule has 0 rings (SSSR count). The van der Waals surface area contributed by atoms with Crippen LogP contribution in [0.4, 0.5) is 0 Å². The maximum atomic E-state index is 4.89. The van der Waals surface area contributed by atoms with Gasteiger partial charge in [-0.1, -0.05) is 38.4 Å². The van der Waals surface area contributed by atoms with Crippen molar-refractivity contribution in [1.29, 1.82) is 0 Å². The average Bonchev–Trinajstić information content (AvgIpc) is 1.97. The number of unbranched alkanes of at least 4 members (excludes halogenated alkanes) is 3. The van der Waals surface area contributed by atoms with Gasteiger partial charge in [0.25, 0.3) is 0 Å². The van der Waals surface area contributed by atoms with E-state index < -0.39 is 0 Å². The fourth-order valence-electron chi connectivity index (χ4n) is 0.871. The van der Waals surface area contributed by atoms with Crippen LogP contribution in [0.2, 0.25) is 0 Å². The van der Waals surface area contributed by atoms with E-state index in [0.717, 1.165) is 6.54 Å². The van der Waals surface area contributed by atoms with Crippen LogP contribution < -0.4 is 0 Å². The standard InChI is InChI=1S/C8H17NS2/c1-3-4-5-6-7-9(2)8(10)11/h3-7H2,1-2H3,(H,10,11). The van der Waals surface area contributed by atoms with Crippen molar-refractivity contribution in [3.8, 4) is 0 Å². The summed E-state index contributed by atoms with van der Waals surface area (Å²) in [5, 5.41) is 0. The zero-order valence-electron chi connectivity index (χ0n) is 7.34. The lowest BCUT2D eigenvalue weighted by atomic mass is 10.2. The molecule has 0 saturated heterocycles. The lowest BCUT2D eigenvalue weighted by molar-refractivity contribution is 0.484. The van der Waals surface area contributed by atoms with Crippen LogP contribution in [0.3, 0.4) is 0 Å². The molecule has 0 unspecified atom stereocenters. The van der Waals surface area contributed by atoms with E-state index in [1.54, 1.807) is 0 Å². The van der Waals surface area contributed by atoms with E-state index in [1.807, 2.05) is 11.9 Å². The molecular formula is C8H17NS2. The molecule has 0 amide bonds. The van der Waals surface area contributed by atoms with Gasteiger partial charge in [-0.15, -0.1) is 12.6 Å². The summed E-state index contributed by atoms with van der Waals surface area (Å²) < 4.78 is 0.696. The van der Waals surface area contributed by atoms with Gasteiger partial charge >= 0.3 is 0 Å². The van der Waals surface area contributed by atoms with Crippen molar-refractivity contribution < 1.29 is 0 Å². The van der Waals surface area contributed by atoms with Crippen LogP contribution in [-0.4, -0.2) is 22.8 Å². The largest absolute Gasteiger partial charge is 0.361 e. The Labute approximate surface area is 80.6 Å². The third-order valence-corrected chi connectivity index (χ3v) is 2.33. The summed E-state index contributed by atoms with van der Waals surface area (Å²) in [5.74, 6) is 0. The summed E-state index contributed by atoms with van der Waals surface area (Å²) in [5.41, 5.74) is 0. The van der Waals surface area contributed by atoms with Gasteiger partial charge in [0.2, 0.25) is 0 Å². The van der Waals surface area contributed by atoms with E-state index in [2.05, 4.69) is 19.6 Å². The fourth-order valence-corrected chi connectivity index (χ4v) is 1.06. The van der Waals surface area contributed by atoms with Crippen molar-refractivity contribution in [2.45, 2.75) is 32.6 Å². The number of thiocarbonyl (C=S) groups is 1. The minimum absolute atomic E-state index is 0.696. The van der Waals surface area contributed by atoms with Crippen LogP contribution in [0.5, 0.6) is 0 Å². The second-order valence-electron chi connectivity index (χ2n) is 2.76. The monoisotopic (exact) mass is 191 g/mol. The minimum atomic E-state index is 0.696. The van der Waals surface area contributed by atoms with Crippen LogP contribution in [0, 0.1) is 0 Å². The SMILES string of the molecule is CCCCCCN(C)C(=S)S. The molecule has 1 nitrogen and oxygen atoms in total. The van der Waals surface area contributed by atoms with Gasteiger partial charge in [-0.25, -0.2) is 0 Å². The lowest BCUT2D eigenvalue weighted by Crippen LogP contribution is -2.21. The molecule has 0 saturated carbocycles. The molecule has 11 heavy (non-hydrogen) atoms. The van der Waals surface area contributed by atoms with Crippen LogP contribution in [-0.2, 0) is 0 Å². The number of hydrogen-bond acceptors (Lipinski definition) is 1. The topological polar surface area (TPSA) is 3.24 Å². The van der Waals surface area contributed by atoms with E-state index in [-0.39, 0.29) is 0 Å². The first-order valence-corrected chi connectivity index (χ1v) is 4.98. The Bertz CT molecular complexity index is 115. The molecule has 66 valence electrons. The molecule has 0 heterocycles. The van der Waals surface area contributed by atoms with Gasteiger partial charge in [-0.3, -0.25) is 0 Å². The van der Waals surface area contributed by atoms with E-state index in [9.17, 15) is 0 Å². The van der Waals surface area contributed by atoms with Gasteiger partial charge < -0.3 is 4.90 Å². The smallest absolute Gasteiger partial charge is 0.133 e. The molecule has 0 aromatic heterocycles. The fraction of sp³-hybridized carbons (Fsp3) is 0.875. The summed E-state index contributed by atoms with van der Waals surface area (Å²) in [4.78, 5) is 2.01. The van der Waals surface area contributed by atoms with E-state index >= 15 is 0 Å². The molecule has 0 aliphatic carbocycles. The quantitative estimate of drug-likeness (QED) is 0.404. The zero-order chi connectivity index (χ0) is 8.69. The molecule has 0 N–H and O–H groups in total. The number of nitrogens with zero attached hydrogens (tertiary/aromatic N) is 1. The summed E-state index contributed by atoms with van der Waals surface area (Å²) in [6.07, 6.45) is 5.14. The first-order chi connectivity index (χ1) is 5.18. The van der Waals surface area contributed by atoms with Crippen molar-refractivity contribution >= 4 is 29.2 Å². The molecule has 0 spiro atoms. The highest BCUT2D eigenvalue weighted by Gasteiger charge is 1.97. The van der Waals surface area contributed by atoms with E-state index in [0.29, 0.717) is 4.32 Å². The van der Waals surface area contributed by atoms with Crippen LogP contribution >= 0.6 is 24.8 Å². The first-order valence-electron chi connectivity index (χ1n) is 4.12. The third-order valence-electron chi connectivity index (χ3n) is 1.67. The minimum Gasteiger partial charge on any atom is -0.361 e. The molecule has 0 aliphatic heterocycles. The van der Waals surface area contributed by atoms with Crippen molar-refractivity contribution in [2.24, 2.45) is 0 Å². The molecule has 0 aromatic rings. The maximum absolute atomic E-state index is 4.89. The Morgan fingerprint density at radius 2 is 2.00 bits per heavy atom. The second-order valence-corrected chi connectivity index (χ2v) is 3.88. The Hall–Kier alpha value is 0.240. The lowest BCUT2D eigenvalue weighted by Gasteiger charge is -2.15. The van der Waals surface area contributed by atoms with Gasteiger partial charge in [-0.2, -0.15) is 0 Å². The normalized spacial score (nSPS) is 9.73. The summed E-state index contributed by atoms with van der Waals surface area (Å²) in [7, 11) is 1.99. The highest BCUT2D eigenvalue weighted by molar-refractivity contribution is 8.10. The number of hydrogen-bond donors (Lipinski definition) is 1. The van der Waals surface area contributed by atoms with Crippen molar-refractivity contribution in [1.82, 2.24) is 4.90 Å². The van der Waals surface area contributed by atoms with Crippen LogP contribution in [0.1, 0.15) is 32.6 Å². The maximum Gasteiger partial charge on any atom is 0.133 e. The molecule has 0 aromatic carbocycles. The Kier molecular flexibility index (Phi) is 7.07. The molecule has 0 bridgehead atoms. The van der Waals surface area contributed by atoms with Crippen molar-refractivity contribution in [2.75, 3.05) is 13.6 Å². The molecule has 0 atom stereocenters. The first kappa shape index (κ1) is 11.2. The Balaban J connectivity index is 3.17. The van der Waals surface area contributed by atoms with Crippen LogP contribution in [0.15, 0.2) is 0 Å². The third kappa shape index (κ3) is 6.63. The second kappa shape index (κ2) is 6.92. The van der Waals surface area contributed by atoms with Gasteiger partial charge in [-0.05, 0) is 6.42 Å². The van der Waals surface area contributed by atoms with Crippen LogP contribution in [0.25, 0.3) is 0 Å². The number of rotatable bonds is 5. The molecule has 0 fully saturated rings. The van der Waals surface area contributed by atoms with Crippen molar-refractivity contribution in [3.63, 3.8) is 0 Å². The zero-order valence-corrected chi connectivity index (χ0v) is 9.05. The van der Waals surface area contributed by atoms with Gasteiger partial charge in [0.15, 0.2) is 0 Å². The van der Waals surface area contributed by atoms with Crippen molar-refractivity contribution in [3.05, 3.63) is 0 Å². The Morgan fingerprint density at radius 3 is 2.45 bits per heavy atom. The highest BCUT2D eigenvalue weighted by atomic mass is 32.1. The summed E-state index contributed by atoms with van der Waals surface area (Å²) >= 11 is 8.96. The summed E-state index contributed by atoms with van der Waals surface area (Å²) in [6.45, 7) is 3.26. The molecule has 0 radical (unpaired) electrons. The highest BCUT2D eigenvalue weighted by Crippen LogP contribution is 2.01. The van der Waals surface area contributed by atoms with Gasteiger partial charge in [0, 0.05) is 13.6 Å². The van der Waals surface area contributed by atoms with E-state index in [1.165, 1.54) is 25.7 Å².